The van der Waals surface area contributed by atoms with E-state index in [-0.39, 0.29) is 11.8 Å². The molecule has 5 N–H and O–H groups in total. The topological polar surface area (TPSA) is 81.1 Å². The Hall–Kier alpha value is -0.910. The van der Waals surface area contributed by atoms with Crippen molar-refractivity contribution in [3.63, 3.8) is 0 Å². The molecule has 0 fully saturated rings. The van der Waals surface area contributed by atoms with Crippen molar-refractivity contribution in [3.05, 3.63) is 23.2 Å². The third-order valence-corrected chi connectivity index (χ3v) is 3.79. The summed E-state index contributed by atoms with van der Waals surface area (Å²) in [7, 11) is 0. The number of carbonyl (C=O) groups excluding carboxylic acids is 1. The molecule has 88 valence electrons. The minimum absolute atomic E-state index is 0.174. The molecule has 1 atom stereocenters. The van der Waals surface area contributed by atoms with Crippen LogP contribution in [0, 0.1) is 5.92 Å². The Bertz CT molecular complexity index is 386. The van der Waals surface area contributed by atoms with E-state index < -0.39 is 0 Å². The van der Waals surface area contributed by atoms with Gasteiger partial charge in [-0.2, -0.15) is 0 Å². The first-order valence-corrected chi connectivity index (χ1v) is 6.09. The molecule has 0 aliphatic heterocycles. The molecule has 1 unspecified atom stereocenters. The van der Waals surface area contributed by atoms with Crippen LogP contribution in [0.5, 0.6) is 0 Å². The standard InChI is InChI=1S/C10H14ClN3OS/c1-6(10(15)14-13)5-16-9-4-7(12)2-3-8(9)11/h2-4,6H,5,12-13H2,1H3,(H,14,15). The lowest BCUT2D eigenvalue weighted by atomic mass is 10.2. The van der Waals surface area contributed by atoms with Crippen molar-refractivity contribution in [3.8, 4) is 0 Å². The Morgan fingerprint density at radius 1 is 1.62 bits per heavy atom. The van der Waals surface area contributed by atoms with Gasteiger partial charge >= 0.3 is 0 Å². The van der Waals surface area contributed by atoms with Crippen molar-refractivity contribution < 1.29 is 4.79 Å². The molecule has 0 spiro atoms. The number of anilines is 1. The van der Waals surface area contributed by atoms with Crippen LogP contribution in [0.3, 0.4) is 0 Å². The minimum Gasteiger partial charge on any atom is -0.399 e. The number of hydrogen-bond donors (Lipinski definition) is 3. The van der Waals surface area contributed by atoms with E-state index in [1.165, 1.54) is 11.8 Å². The number of hydrazine groups is 1. The quantitative estimate of drug-likeness (QED) is 0.252. The molecular formula is C10H14ClN3OS. The van der Waals surface area contributed by atoms with Crippen molar-refractivity contribution in [2.75, 3.05) is 11.5 Å². The van der Waals surface area contributed by atoms with E-state index in [4.69, 9.17) is 23.2 Å². The predicted octanol–water partition coefficient (Wildman–Crippen LogP) is 1.64. The Labute approximate surface area is 104 Å². The SMILES string of the molecule is CC(CSc1cc(N)ccc1Cl)C(=O)NN. The van der Waals surface area contributed by atoms with Gasteiger partial charge in [-0.25, -0.2) is 5.84 Å². The highest BCUT2D eigenvalue weighted by Crippen LogP contribution is 2.30. The number of halogens is 1. The zero-order valence-corrected chi connectivity index (χ0v) is 10.4. The van der Waals surface area contributed by atoms with Gasteiger partial charge in [0.25, 0.3) is 0 Å². The zero-order valence-electron chi connectivity index (χ0n) is 8.87. The van der Waals surface area contributed by atoms with Gasteiger partial charge in [-0.3, -0.25) is 10.2 Å². The van der Waals surface area contributed by atoms with Crippen LogP contribution in [0.1, 0.15) is 6.92 Å². The molecule has 0 aromatic heterocycles. The maximum atomic E-state index is 11.2. The molecule has 4 nitrogen and oxygen atoms in total. The van der Waals surface area contributed by atoms with Crippen LogP contribution in [-0.2, 0) is 4.79 Å². The Morgan fingerprint density at radius 2 is 2.31 bits per heavy atom. The maximum absolute atomic E-state index is 11.2. The van der Waals surface area contributed by atoms with Gasteiger partial charge in [-0.1, -0.05) is 18.5 Å². The molecule has 0 aliphatic carbocycles. The summed E-state index contributed by atoms with van der Waals surface area (Å²) in [6.07, 6.45) is 0. The highest BCUT2D eigenvalue weighted by molar-refractivity contribution is 7.99. The first-order chi connectivity index (χ1) is 7.54. The van der Waals surface area contributed by atoms with Crippen LogP contribution >= 0.6 is 23.4 Å². The third kappa shape index (κ3) is 3.59. The van der Waals surface area contributed by atoms with Gasteiger partial charge in [-0.05, 0) is 18.2 Å². The summed E-state index contributed by atoms with van der Waals surface area (Å²) in [5.41, 5.74) is 8.42. The van der Waals surface area contributed by atoms with Crippen LogP contribution < -0.4 is 17.0 Å². The summed E-state index contributed by atoms with van der Waals surface area (Å²) in [4.78, 5) is 12.1. The number of rotatable bonds is 4. The molecular weight excluding hydrogens is 246 g/mol. The summed E-state index contributed by atoms with van der Waals surface area (Å²) in [6, 6.07) is 5.27. The maximum Gasteiger partial charge on any atom is 0.237 e. The summed E-state index contributed by atoms with van der Waals surface area (Å²) < 4.78 is 0. The number of nitrogens with two attached hydrogens (primary N) is 2. The van der Waals surface area contributed by atoms with Crippen LogP contribution in [0.15, 0.2) is 23.1 Å². The number of carbonyl (C=O) groups is 1. The first-order valence-electron chi connectivity index (χ1n) is 4.73. The Balaban J connectivity index is 2.60. The number of amides is 1. The van der Waals surface area contributed by atoms with E-state index in [2.05, 4.69) is 5.43 Å². The summed E-state index contributed by atoms with van der Waals surface area (Å²) >= 11 is 7.48. The molecule has 6 heteroatoms. The largest absolute Gasteiger partial charge is 0.399 e. The molecule has 1 aromatic rings. The molecule has 0 heterocycles. The zero-order chi connectivity index (χ0) is 12.1. The lowest BCUT2D eigenvalue weighted by Crippen LogP contribution is -2.35. The molecule has 0 aliphatic rings. The summed E-state index contributed by atoms with van der Waals surface area (Å²) in [5.74, 6) is 5.28. The van der Waals surface area contributed by atoms with Crippen LogP contribution in [0.2, 0.25) is 5.02 Å². The van der Waals surface area contributed by atoms with Crippen molar-refractivity contribution in [1.82, 2.24) is 5.43 Å². The second-order valence-electron chi connectivity index (χ2n) is 3.41. The van der Waals surface area contributed by atoms with Gasteiger partial charge in [0.1, 0.15) is 0 Å². The minimum atomic E-state index is -0.187. The first kappa shape index (κ1) is 13.2. The number of benzene rings is 1. The van der Waals surface area contributed by atoms with E-state index >= 15 is 0 Å². The average Bonchev–Trinajstić information content (AvgIpc) is 2.28. The van der Waals surface area contributed by atoms with Crippen LogP contribution in [0.25, 0.3) is 0 Å². The van der Waals surface area contributed by atoms with Crippen LogP contribution in [0.4, 0.5) is 5.69 Å². The van der Waals surface area contributed by atoms with Crippen molar-refractivity contribution in [2.24, 2.45) is 11.8 Å². The number of thioether (sulfide) groups is 1. The van der Waals surface area contributed by atoms with E-state index in [0.29, 0.717) is 16.5 Å². The number of nitrogen functional groups attached to an aromatic ring is 1. The lowest BCUT2D eigenvalue weighted by Gasteiger charge is -2.10. The van der Waals surface area contributed by atoms with Gasteiger partial charge in [0.15, 0.2) is 0 Å². The smallest absolute Gasteiger partial charge is 0.237 e. The van der Waals surface area contributed by atoms with Gasteiger partial charge in [0.2, 0.25) is 5.91 Å². The molecule has 0 saturated heterocycles. The third-order valence-electron chi connectivity index (χ3n) is 2.03. The molecule has 0 bridgehead atoms. The van der Waals surface area contributed by atoms with Crippen molar-refractivity contribution in [2.45, 2.75) is 11.8 Å². The number of hydrogen-bond acceptors (Lipinski definition) is 4. The van der Waals surface area contributed by atoms with E-state index in [9.17, 15) is 4.79 Å². The molecule has 0 radical (unpaired) electrons. The van der Waals surface area contributed by atoms with E-state index in [1.807, 2.05) is 0 Å². The van der Waals surface area contributed by atoms with Crippen molar-refractivity contribution >= 4 is 35.0 Å². The van der Waals surface area contributed by atoms with Gasteiger partial charge in [-0.15, -0.1) is 11.8 Å². The van der Waals surface area contributed by atoms with Crippen LogP contribution in [-0.4, -0.2) is 11.7 Å². The average molecular weight is 260 g/mol. The molecule has 1 aromatic carbocycles. The molecule has 16 heavy (non-hydrogen) atoms. The second-order valence-corrected chi connectivity index (χ2v) is 4.88. The predicted molar refractivity (Wildman–Crippen MR) is 68.1 cm³/mol. The molecule has 1 rings (SSSR count). The fourth-order valence-electron chi connectivity index (χ4n) is 1.06. The van der Waals surface area contributed by atoms with E-state index in [1.54, 1.807) is 25.1 Å². The fourth-order valence-corrected chi connectivity index (χ4v) is 2.35. The van der Waals surface area contributed by atoms with E-state index in [0.717, 1.165) is 4.90 Å². The highest BCUT2D eigenvalue weighted by atomic mass is 35.5. The lowest BCUT2D eigenvalue weighted by molar-refractivity contribution is -0.123. The Morgan fingerprint density at radius 3 is 2.94 bits per heavy atom. The molecule has 1 amide bonds. The van der Waals surface area contributed by atoms with Gasteiger partial charge in [0, 0.05) is 22.3 Å². The summed E-state index contributed by atoms with van der Waals surface area (Å²) in [6.45, 7) is 1.80. The fraction of sp³-hybridized carbons (Fsp3) is 0.300. The normalized spacial score (nSPS) is 12.2. The second kappa shape index (κ2) is 5.98. The Kier molecular flexibility index (Phi) is 4.92. The molecule has 0 saturated carbocycles. The number of nitrogens with one attached hydrogen (secondary N) is 1. The monoisotopic (exact) mass is 259 g/mol. The van der Waals surface area contributed by atoms with Gasteiger partial charge in [0.05, 0.1) is 5.02 Å². The highest BCUT2D eigenvalue weighted by Gasteiger charge is 2.12. The van der Waals surface area contributed by atoms with Crippen molar-refractivity contribution in [1.29, 1.82) is 0 Å². The summed E-state index contributed by atoms with van der Waals surface area (Å²) in [5, 5.41) is 0.638. The van der Waals surface area contributed by atoms with Gasteiger partial charge < -0.3 is 5.73 Å².